The summed E-state index contributed by atoms with van der Waals surface area (Å²) in [6, 6.07) is 4.13. The third kappa shape index (κ3) is 2.96. The molecular formula is C15H19NO5. The van der Waals surface area contributed by atoms with Gasteiger partial charge in [0.25, 0.3) is 5.91 Å². The second-order valence-electron chi connectivity index (χ2n) is 5.56. The SMILES string of the molecule is O=C(NC1CCC2(CC1)OCCO2)c1ccc(O)c(O)c1. The number of carbonyl (C=O) groups is 1. The summed E-state index contributed by atoms with van der Waals surface area (Å²) < 4.78 is 11.3. The highest BCUT2D eigenvalue weighted by molar-refractivity contribution is 5.95. The van der Waals surface area contributed by atoms with Crippen LogP contribution in [-0.2, 0) is 9.47 Å². The Balaban J connectivity index is 1.57. The van der Waals surface area contributed by atoms with Gasteiger partial charge in [-0.3, -0.25) is 4.79 Å². The van der Waals surface area contributed by atoms with Gasteiger partial charge in [0.2, 0.25) is 0 Å². The predicted molar refractivity (Wildman–Crippen MR) is 74.1 cm³/mol. The van der Waals surface area contributed by atoms with Crippen LogP contribution >= 0.6 is 0 Å². The van der Waals surface area contributed by atoms with E-state index in [9.17, 15) is 15.0 Å². The minimum atomic E-state index is -0.433. The van der Waals surface area contributed by atoms with E-state index in [-0.39, 0.29) is 23.4 Å². The van der Waals surface area contributed by atoms with E-state index in [1.165, 1.54) is 18.2 Å². The van der Waals surface area contributed by atoms with Crippen molar-refractivity contribution >= 4 is 5.91 Å². The highest BCUT2D eigenvalue weighted by Gasteiger charge is 2.40. The van der Waals surface area contributed by atoms with Crippen LogP contribution in [-0.4, -0.2) is 41.2 Å². The minimum absolute atomic E-state index is 0.0758. The lowest BCUT2D eigenvalue weighted by atomic mass is 9.90. The van der Waals surface area contributed by atoms with Crippen molar-refractivity contribution in [1.82, 2.24) is 5.32 Å². The summed E-state index contributed by atoms with van der Waals surface area (Å²) in [4.78, 5) is 12.1. The van der Waals surface area contributed by atoms with E-state index in [4.69, 9.17) is 9.47 Å². The Morgan fingerprint density at radius 3 is 2.43 bits per heavy atom. The van der Waals surface area contributed by atoms with Crippen LogP contribution in [0.4, 0.5) is 0 Å². The Morgan fingerprint density at radius 1 is 1.14 bits per heavy atom. The normalized spacial score (nSPS) is 21.5. The first-order chi connectivity index (χ1) is 10.1. The van der Waals surface area contributed by atoms with E-state index in [1.54, 1.807) is 0 Å². The highest BCUT2D eigenvalue weighted by atomic mass is 16.7. The number of carbonyl (C=O) groups excluding carboxylic acids is 1. The molecule has 0 atom stereocenters. The molecule has 1 heterocycles. The quantitative estimate of drug-likeness (QED) is 0.719. The largest absolute Gasteiger partial charge is 0.504 e. The van der Waals surface area contributed by atoms with Gasteiger partial charge in [-0.25, -0.2) is 0 Å². The van der Waals surface area contributed by atoms with Gasteiger partial charge < -0.3 is 25.0 Å². The van der Waals surface area contributed by atoms with Crippen LogP contribution in [0, 0.1) is 0 Å². The summed E-state index contributed by atoms with van der Waals surface area (Å²) in [6.07, 6.45) is 3.16. The van der Waals surface area contributed by atoms with Crippen LogP contribution in [0.1, 0.15) is 36.0 Å². The van der Waals surface area contributed by atoms with Crippen molar-refractivity contribution in [1.29, 1.82) is 0 Å². The zero-order valence-corrected chi connectivity index (χ0v) is 11.7. The molecule has 0 bridgehead atoms. The number of aromatic hydroxyl groups is 2. The topological polar surface area (TPSA) is 88.0 Å². The van der Waals surface area contributed by atoms with E-state index in [1.807, 2.05) is 0 Å². The monoisotopic (exact) mass is 293 g/mol. The Hall–Kier alpha value is -1.79. The minimum Gasteiger partial charge on any atom is -0.504 e. The van der Waals surface area contributed by atoms with E-state index in [0.29, 0.717) is 18.8 Å². The molecule has 1 amide bonds. The standard InChI is InChI=1S/C15H19NO5/c17-12-2-1-10(9-13(12)18)14(19)16-11-3-5-15(6-4-11)20-7-8-21-15/h1-2,9,11,17-18H,3-8H2,(H,16,19). The fraction of sp³-hybridized carbons (Fsp3) is 0.533. The average molecular weight is 293 g/mol. The molecule has 3 rings (SSSR count). The number of phenolic OH excluding ortho intramolecular Hbond substituents is 2. The molecule has 1 aromatic rings. The first-order valence-electron chi connectivity index (χ1n) is 7.19. The van der Waals surface area contributed by atoms with E-state index < -0.39 is 5.79 Å². The van der Waals surface area contributed by atoms with Crippen molar-refractivity contribution in [2.24, 2.45) is 0 Å². The van der Waals surface area contributed by atoms with Gasteiger partial charge in [-0.05, 0) is 31.0 Å². The van der Waals surface area contributed by atoms with Crippen LogP contribution in [0.25, 0.3) is 0 Å². The highest BCUT2D eigenvalue weighted by Crippen LogP contribution is 2.35. The molecule has 0 aromatic heterocycles. The summed E-state index contributed by atoms with van der Waals surface area (Å²) in [5.74, 6) is -1.21. The molecule has 6 nitrogen and oxygen atoms in total. The molecule has 114 valence electrons. The van der Waals surface area contributed by atoms with Gasteiger partial charge in [0.05, 0.1) is 13.2 Å². The van der Waals surface area contributed by atoms with Gasteiger partial charge in [-0.1, -0.05) is 0 Å². The summed E-state index contributed by atoms with van der Waals surface area (Å²) in [7, 11) is 0. The smallest absolute Gasteiger partial charge is 0.251 e. The number of benzene rings is 1. The number of rotatable bonds is 2. The molecule has 1 aliphatic carbocycles. The van der Waals surface area contributed by atoms with Gasteiger partial charge in [-0.2, -0.15) is 0 Å². The Labute approximate surface area is 122 Å². The Kier molecular flexibility index (Phi) is 3.73. The van der Waals surface area contributed by atoms with Gasteiger partial charge in [0.1, 0.15) is 0 Å². The van der Waals surface area contributed by atoms with E-state index in [0.717, 1.165) is 25.7 Å². The fourth-order valence-electron chi connectivity index (χ4n) is 2.92. The lowest BCUT2D eigenvalue weighted by molar-refractivity contribution is -0.179. The van der Waals surface area contributed by atoms with E-state index >= 15 is 0 Å². The molecule has 1 saturated heterocycles. The van der Waals surface area contributed by atoms with Crippen LogP contribution in [0.5, 0.6) is 11.5 Å². The van der Waals surface area contributed by atoms with Crippen molar-refractivity contribution in [2.45, 2.75) is 37.5 Å². The van der Waals surface area contributed by atoms with Gasteiger partial charge in [-0.15, -0.1) is 0 Å². The van der Waals surface area contributed by atoms with Crippen molar-refractivity contribution in [3.05, 3.63) is 23.8 Å². The molecule has 0 radical (unpaired) electrons. The van der Waals surface area contributed by atoms with Gasteiger partial charge in [0, 0.05) is 24.4 Å². The number of nitrogens with one attached hydrogen (secondary N) is 1. The first kappa shape index (κ1) is 14.2. The maximum Gasteiger partial charge on any atom is 0.251 e. The third-order valence-electron chi connectivity index (χ3n) is 4.13. The molecule has 21 heavy (non-hydrogen) atoms. The summed E-state index contributed by atoms with van der Waals surface area (Å²) in [6.45, 7) is 1.29. The van der Waals surface area contributed by atoms with Gasteiger partial charge >= 0.3 is 0 Å². The second-order valence-corrected chi connectivity index (χ2v) is 5.56. The predicted octanol–water partition coefficient (Wildman–Crippen LogP) is 1.51. The molecule has 1 spiro atoms. The number of hydrogen-bond donors (Lipinski definition) is 3. The molecule has 1 aliphatic heterocycles. The average Bonchev–Trinajstić information content (AvgIpc) is 2.93. The summed E-state index contributed by atoms with van der Waals surface area (Å²) >= 11 is 0. The molecule has 0 unspecified atom stereocenters. The molecule has 1 saturated carbocycles. The van der Waals surface area contributed by atoms with Crippen molar-refractivity contribution in [3.8, 4) is 11.5 Å². The van der Waals surface area contributed by atoms with Crippen LogP contribution in [0.3, 0.4) is 0 Å². The molecule has 1 aromatic carbocycles. The molecule has 3 N–H and O–H groups in total. The number of hydrogen-bond acceptors (Lipinski definition) is 5. The van der Waals surface area contributed by atoms with Crippen molar-refractivity contribution in [2.75, 3.05) is 13.2 Å². The molecule has 6 heteroatoms. The lowest BCUT2D eigenvalue weighted by Crippen LogP contribution is -2.44. The zero-order valence-electron chi connectivity index (χ0n) is 11.7. The number of amides is 1. The molecule has 2 fully saturated rings. The van der Waals surface area contributed by atoms with E-state index in [2.05, 4.69) is 5.32 Å². The summed E-state index contributed by atoms with van der Waals surface area (Å²) in [5.41, 5.74) is 0.332. The van der Waals surface area contributed by atoms with Gasteiger partial charge in [0.15, 0.2) is 17.3 Å². The maximum atomic E-state index is 12.1. The fourth-order valence-corrected chi connectivity index (χ4v) is 2.92. The number of phenols is 2. The van der Waals surface area contributed by atoms with Crippen molar-refractivity contribution in [3.63, 3.8) is 0 Å². The van der Waals surface area contributed by atoms with Crippen LogP contribution in [0.2, 0.25) is 0 Å². The van der Waals surface area contributed by atoms with Crippen molar-refractivity contribution < 1.29 is 24.5 Å². The maximum absolute atomic E-state index is 12.1. The lowest BCUT2D eigenvalue weighted by Gasteiger charge is -2.35. The third-order valence-corrected chi connectivity index (χ3v) is 4.13. The number of ether oxygens (including phenoxy) is 2. The Morgan fingerprint density at radius 2 is 1.81 bits per heavy atom. The Bertz CT molecular complexity index is 529. The second kappa shape index (κ2) is 5.54. The summed E-state index contributed by atoms with van der Waals surface area (Å²) in [5, 5.41) is 21.6. The zero-order chi connectivity index (χ0) is 14.9. The van der Waals surface area contributed by atoms with Crippen LogP contribution in [0.15, 0.2) is 18.2 Å². The molecule has 2 aliphatic rings. The van der Waals surface area contributed by atoms with Crippen LogP contribution < -0.4 is 5.32 Å². The molecular weight excluding hydrogens is 274 g/mol. The first-order valence-corrected chi connectivity index (χ1v) is 7.19.